The zero-order valence-corrected chi connectivity index (χ0v) is 17.5. The Labute approximate surface area is 152 Å². The third-order valence-electron chi connectivity index (χ3n) is 3.39. The van der Waals surface area contributed by atoms with Gasteiger partial charge in [0.05, 0.1) is 6.26 Å². The van der Waals surface area contributed by atoms with E-state index in [0.29, 0.717) is 19.0 Å². The molecule has 1 saturated heterocycles. The number of rotatable bonds is 4. The largest absolute Gasteiger partial charge is 0.357 e. The molecule has 1 heterocycles. The van der Waals surface area contributed by atoms with Crippen molar-refractivity contribution in [1.29, 1.82) is 0 Å². The Morgan fingerprint density at radius 1 is 1.27 bits per heavy atom. The summed E-state index contributed by atoms with van der Waals surface area (Å²) in [6, 6.07) is 0. The van der Waals surface area contributed by atoms with E-state index in [4.69, 9.17) is 0 Å². The van der Waals surface area contributed by atoms with Crippen LogP contribution in [0.5, 0.6) is 0 Å². The quantitative estimate of drug-likeness (QED) is 0.391. The number of hydrogen-bond donors (Lipinski definition) is 2. The molecule has 0 aromatic rings. The molecule has 0 aromatic heterocycles. The van der Waals surface area contributed by atoms with Gasteiger partial charge in [0.25, 0.3) is 0 Å². The molecule has 0 unspecified atom stereocenters. The third kappa shape index (κ3) is 8.52. The van der Waals surface area contributed by atoms with Crippen LogP contribution in [0.2, 0.25) is 0 Å². The van der Waals surface area contributed by atoms with E-state index in [-0.39, 0.29) is 29.5 Å². The molecule has 0 amide bonds. The lowest BCUT2D eigenvalue weighted by Gasteiger charge is -2.30. The number of nitrogens with zero attached hydrogens (tertiary/aromatic N) is 2. The molecule has 0 spiro atoms. The normalized spacial score (nSPS) is 18.7. The Bertz CT molecular complexity index is 452. The summed E-state index contributed by atoms with van der Waals surface area (Å²) in [5, 5.41) is 6.61. The molecule has 0 atom stereocenters. The van der Waals surface area contributed by atoms with E-state index in [2.05, 4.69) is 36.4 Å². The molecule has 6 nitrogen and oxygen atoms in total. The number of halogens is 1. The second-order valence-corrected chi connectivity index (χ2v) is 8.68. The minimum atomic E-state index is -3.04. The van der Waals surface area contributed by atoms with Gasteiger partial charge in [-0.25, -0.2) is 12.7 Å². The summed E-state index contributed by atoms with van der Waals surface area (Å²) in [6.07, 6.45) is 3.04. The average Bonchev–Trinajstić information content (AvgIpc) is 2.34. The summed E-state index contributed by atoms with van der Waals surface area (Å²) in [5.41, 5.74) is -0.0271. The molecule has 0 radical (unpaired) electrons. The highest BCUT2D eigenvalue weighted by Gasteiger charge is 2.24. The predicted octanol–water partition coefficient (Wildman–Crippen LogP) is 1.63. The number of piperidine rings is 1. The van der Waals surface area contributed by atoms with Crippen LogP contribution in [0.1, 0.15) is 40.5 Å². The van der Waals surface area contributed by atoms with E-state index in [0.717, 1.165) is 31.9 Å². The molecule has 0 bridgehead atoms. The smallest absolute Gasteiger partial charge is 0.211 e. The van der Waals surface area contributed by atoms with Gasteiger partial charge in [0.2, 0.25) is 10.0 Å². The number of nitrogens with one attached hydrogen (secondary N) is 2. The summed E-state index contributed by atoms with van der Waals surface area (Å²) in [7, 11) is -3.04. The molecule has 0 aliphatic carbocycles. The van der Waals surface area contributed by atoms with Crippen LogP contribution >= 0.6 is 24.0 Å². The first-order valence-corrected chi connectivity index (χ1v) is 9.48. The van der Waals surface area contributed by atoms with E-state index >= 15 is 0 Å². The van der Waals surface area contributed by atoms with Crippen molar-refractivity contribution in [3.63, 3.8) is 0 Å². The minimum Gasteiger partial charge on any atom is -0.357 e. The maximum atomic E-state index is 11.5. The molecule has 2 N–H and O–H groups in total. The average molecular weight is 446 g/mol. The molecule has 1 aliphatic rings. The molecule has 1 rings (SSSR count). The molecule has 1 fully saturated rings. The Balaban J connectivity index is 0.00000441. The Hall–Kier alpha value is -0.0900. The van der Waals surface area contributed by atoms with Crippen molar-refractivity contribution >= 4 is 40.0 Å². The minimum absolute atomic E-state index is 0. The van der Waals surface area contributed by atoms with Crippen molar-refractivity contribution < 1.29 is 8.42 Å². The fraction of sp³-hybridized carbons (Fsp3) is 0.929. The van der Waals surface area contributed by atoms with Crippen molar-refractivity contribution in [2.45, 2.75) is 46.1 Å². The highest BCUT2D eigenvalue weighted by molar-refractivity contribution is 14.0. The first-order valence-electron chi connectivity index (χ1n) is 7.63. The molecule has 0 aromatic carbocycles. The first kappa shape index (κ1) is 21.9. The van der Waals surface area contributed by atoms with Gasteiger partial charge in [-0.15, -0.1) is 24.0 Å². The lowest BCUT2D eigenvalue weighted by atomic mass is 9.98. The fourth-order valence-electron chi connectivity index (χ4n) is 2.31. The standard InChI is InChI=1S/C14H30N4O2S.HI/c1-6-15-13(17-14(2,3)4)16-11-12-7-9-18(10-8-12)21(5,19)20;/h12H,6-11H2,1-5H3,(H2,15,16,17);1H. The zero-order valence-electron chi connectivity index (χ0n) is 14.3. The monoisotopic (exact) mass is 446 g/mol. The van der Waals surface area contributed by atoms with Gasteiger partial charge in [0.1, 0.15) is 0 Å². The van der Waals surface area contributed by atoms with E-state index in [9.17, 15) is 8.42 Å². The zero-order chi connectivity index (χ0) is 16.1. The summed E-state index contributed by atoms with van der Waals surface area (Å²) in [5.74, 6) is 1.29. The number of guanidine groups is 1. The van der Waals surface area contributed by atoms with Gasteiger partial charge in [0.15, 0.2) is 5.96 Å². The van der Waals surface area contributed by atoms with Crippen molar-refractivity contribution in [1.82, 2.24) is 14.9 Å². The highest BCUT2D eigenvalue weighted by atomic mass is 127. The van der Waals surface area contributed by atoms with Crippen LogP contribution in [-0.4, -0.2) is 56.7 Å². The van der Waals surface area contributed by atoms with Crippen LogP contribution < -0.4 is 10.6 Å². The van der Waals surface area contributed by atoms with Crippen LogP contribution in [0.25, 0.3) is 0 Å². The van der Waals surface area contributed by atoms with Gasteiger partial charge in [0, 0.05) is 31.7 Å². The molecular weight excluding hydrogens is 415 g/mol. The second-order valence-electron chi connectivity index (χ2n) is 6.70. The van der Waals surface area contributed by atoms with E-state index in [1.807, 2.05) is 6.92 Å². The van der Waals surface area contributed by atoms with Gasteiger partial charge in [-0.05, 0) is 46.5 Å². The van der Waals surface area contributed by atoms with Crippen LogP contribution in [0.15, 0.2) is 4.99 Å². The van der Waals surface area contributed by atoms with Gasteiger partial charge >= 0.3 is 0 Å². The SMILES string of the molecule is CCNC(=NCC1CCN(S(C)(=O)=O)CC1)NC(C)(C)C.I. The molecular formula is C14H31IN4O2S. The molecule has 1 aliphatic heterocycles. The fourth-order valence-corrected chi connectivity index (χ4v) is 3.18. The van der Waals surface area contributed by atoms with Crippen LogP contribution in [0.3, 0.4) is 0 Å². The summed E-state index contributed by atoms with van der Waals surface area (Å²) in [4.78, 5) is 4.64. The van der Waals surface area contributed by atoms with Crippen molar-refractivity contribution in [2.75, 3.05) is 32.4 Å². The van der Waals surface area contributed by atoms with E-state index < -0.39 is 10.0 Å². The number of sulfonamides is 1. The second kappa shape index (κ2) is 9.27. The van der Waals surface area contributed by atoms with Crippen LogP contribution in [0, 0.1) is 5.92 Å². The maximum Gasteiger partial charge on any atom is 0.211 e. The van der Waals surface area contributed by atoms with Crippen molar-refractivity contribution in [2.24, 2.45) is 10.9 Å². The Kier molecular flexibility index (Phi) is 9.23. The molecule has 132 valence electrons. The highest BCUT2D eigenvalue weighted by Crippen LogP contribution is 2.19. The summed E-state index contributed by atoms with van der Waals surface area (Å²) < 4.78 is 24.5. The number of aliphatic imine (C=N–C) groups is 1. The Morgan fingerprint density at radius 3 is 2.23 bits per heavy atom. The number of hydrogen-bond acceptors (Lipinski definition) is 3. The van der Waals surface area contributed by atoms with Crippen LogP contribution in [-0.2, 0) is 10.0 Å². The van der Waals surface area contributed by atoms with E-state index in [1.165, 1.54) is 6.26 Å². The van der Waals surface area contributed by atoms with E-state index in [1.54, 1.807) is 4.31 Å². The Morgan fingerprint density at radius 2 is 1.82 bits per heavy atom. The lowest BCUT2D eigenvalue weighted by Crippen LogP contribution is -2.48. The lowest BCUT2D eigenvalue weighted by molar-refractivity contribution is 0.280. The molecule has 22 heavy (non-hydrogen) atoms. The predicted molar refractivity (Wildman–Crippen MR) is 103 cm³/mol. The van der Waals surface area contributed by atoms with Gasteiger partial charge in [-0.3, -0.25) is 4.99 Å². The van der Waals surface area contributed by atoms with Gasteiger partial charge in [-0.2, -0.15) is 0 Å². The van der Waals surface area contributed by atoms with Crippen molar-refractivity contribution in [3.05, 3.63) is 0 Å². The van der Waals surface area contributed by atoms with Crippen molar-refractivity contribution in [3.8, 4) is 0 Å². The molecule has 0 saturated carbocycles. The summed E-state index contributed by atoms with van der Waals surface area (Å²) >= 11 is 0. The summed E-state index contributed by atoms with van der Waals surface area (Å²) in [6.45, 7) is 11.1. The molecule has 8 heteroatoms. The first-order chi connectivity index (χ1) is 9.62. The topological polar surface area (TPSA) is 73.8 Å². The third-order valence-corrected chi connectivity index (χ3v) is 4.69. The van der Waals surface area contributed by atoms with Gasteiger partial charge in [-0.1, -0.05) is 0 Å². The maximum absolute atomic E-state index is 11.5. The van der Waals surface area contributed by atoms with Gasteiger partial charge < -0.3 is 10.6 Å². The van der Waals surface area contributed by atoms with Crippen LogP contribution in [0.4, 0.5) is 0 Å².